The number of likely N-dealkylation sites (tertiary alicyclic amines) is 1. The van der Waals surface area contributed by atoms with Crippen LogP contribution in [0.15, 0.2) is 29.2 Å². The highest BCUT2D eigenvalue weighted by Crippen LogP contribution is 2.27. The zero-order valence-electron chi connectivity index (χ0n) is 13.3. The van der Waals surface area contributed by atoms with E-state index in [1.54, 1.807) is 38.1 Å². The lowest BCUT2D eigenvalue weighted by Gasteiger charge is -2.33. The van der Waals surface area contributed by atoms with Crippen molar-refractivity contribution in [3.8, 4) is 0 Å². The van der Waals surface area contributed by atoms with Gasteiger partial charge in [-0.1, -0.05) is 11.8 Å². The molecular formula is C16H22F2N2O2S. The van der Waals surface area contributed by atoms with Gasteiger partial charge in [0.05, 0.1) is 12.1 Å². The molecule has 1 fully saturated rings. The van der Waals surface area contributed by atoms with Crippen molar-refractivity contribution in [3.63, 3.8) is 0 Å². The fraction of sp³-hybridized carbons (Fsp3) is 0.562. The molecule has 0 saturated carbocycles. The molecule has 0 aromatic heterocycles. The highest BCUT2D eigenvalue weighted by atomic mass is 32.2. The number of hydrogen-bond acceptors (Lipinski definition) is 4. The molecule has 1 aromatic carbocycles. The molecule has 0 spiro atoms. The maximum absolute atomic E-state index is 12.3. The smallest absolute Gasteiger partial charge is 0.288 e. The predicted octanol–water partition coefficient (Wildman–Crippen LogP) is 3.18. The Bertz CT molecular complexity index is 532. The minimum absolute atomic E-state index is 0.0296. The number of benzene rings is 1. The Morgan fingerprint density at radius 1 is 1.43 bits per heavy atom. The summed E-state index contributed by atoms with van der Waals surface area (Å²) in [5.41, 5.74) is -0.266. The number of halogens is 2. The molecule has 2 N–H and O–H groups in total. The van der Waals surface area contributed by atoms with Gasteiger partial charge in [-0.2, -0.15) is 8.78 Å². The van der Waals surface area contributed by atoms with Crippen molar-refractivity contribution in [1.82, 2.24) is 4.90 Å². The van der Waals surface area contributed by atoms with Gasteiger partial charge in [-0.15, -0.1) is 0 Å². The molecule has 1 aliphatic heterocycles. The lowest BCUT2D eigenvalue weighted by atomic mass is 9.97. The summed E-state index contributed by atoms with van der Waals surface area (Å²) in [5.74, 6) is -2.63. The molecule has 128 valence electrons. The van der Waals surface area contributed by atoms with E-state index in [-0.39, 0.29) is 18.5 Å². The first-order chi connectivity index (χ1) is 10.8. The number of aliphatic hydroxyl groups is 1. The summed E-state index contributed by atoms with van der Waals surface area (Å²) in [6, 6.07) is 6.31. The quantitative estimate of drug-likeness (QED) is 0.779. The summed E-state index contributed by atoms with van der Waals surface area (Å²) < 4.78 is 24.5. The fourth-order valence-electron chi connectivity index (χ4n) is 2.92. The zero-order valence-corrected chi connectivity index (χ0v) is 14.1. The lowest BCUT2D eigenvalue weighted by molar-refractivity contribution is -0.118. The number of hydrogen-bond donors (Lipinski definition) is 2. The van der Waals surface area contributed by atoms with E-state index < -0.39 is 11.4 Å². The van der Waals surface area contributed by atoms with Crippen LogP contribution in [0.1, 0.15) is 26.7 Å². The molecule has 0 bridgehead atoms. The number of carbonyl (C=O) groups is 1. The van der Waals surface area contributed by atoms with Gasteiger partial charge in [0.15, 0.2) is 0 Å². The number of nitrogens with zero attached hydrogens (tertiary/aromatic N) is 1. The molecule has 1 unspecified atom stereocenters. The van der Waals surface area contributed by atoms with Crippen LogP contribution < -0.4 is 5.32 Å². The summed E-state index contributed by atoms with van der Waals surface area (Å²) in [4.78, 5) is 14.6. The van der Waals surface area contributed by atoms with Gasteiger partial charge in [0, 0.05) is 16.6 Å². The highest BCUT2D eigenvalue weighted by Gasteiger charge is 2.36. The first kappa shape index (κ1) is 18.2. The van der Waals surface area contributed by atoms with Crippen LogP contribution >= 0.6 is 11.8 Å². The Morgan fingerprint density at radius 2 is 2.09 bits per heavy atom. The van der Waals surface area contributed by atoms with E-state index in [0.29, 0.717) is 22.3 Å². The van der Waals surface area contributed by atoms with E-state index in [0.717, 1.165) is 19.4 Å². The zero-order chi connectivity index (χ0) is 17.0. The third-order valence-electron chi connectivity index (χ3n) is 3.89. The van der Waals surface area contributed by atoms with Crippen molar-refractivity contribution in [1.29, 1.82) is 0 Å². The van der Waals surface area contributed by atoms with Crippen LogP contribution in [-0.2, 0) is 4.79 Å². The number of rotatable bonds is 6. The summed E-state index contributed by atoms with van der Waals surface area (Å²) >= 11 is 0.473. The Hall–Kier alpha value is -1.18. The van der Waals surface area contributed by atoms with Crippen molar-refractivity contribution >= 4 is 23.4 Å². The second-order valence-electron chi connectivity index (χ2n) is 6.23. The summed E-state index contributed by atoms with van der Waals surface area (Å²) in [6.07, 6.45) is 1.83. The minimum atomic E-state index is -2.45. The van der Waals surface area contributed by atoms with Crippen molar-refractivity contribution < 1.29 is 18.7 Å². The SMILES string of the molecule is CC(C)(O)C1CCCN1CC(=O)Nc1ccc(SC(F)F)cc1. The van der Waals surface area contributed by atoms with Gasteiger partial charge in [-0.05, 0) is 57.5 Å². The van der Waals surface area contributed by atoms with E-state index in [2.05, 4.69) is 5.32 Å². The molecule has 2 rings (SSSR count). The molecule has 0 radical (unpaired) electrons. The van der Waals surface area contributed by atoms with Gasteiger partial charge in [0.1, 0.15) is 0 Å². The monoisotopic (exact) mass is 344 g/mol. The molecule has 1 saturated heterocycles. The van der Waals surface area contributed by atoms with E-state index >= 15 is 0 Å². The fourth-order valence-corrected chi connectivity index (χ4v) is 3.42. The second kappa shape index (κ2) is 7.59. The number of alkyl halides is 2. The third kappa shape index (κ3) is 5.44. The second-order valence-corrected chi connectivity index (χ2v) is 7.30. The number of anilines is 1. The molecule has 7 heteroatoms. The molecule has 1 heterocycles. The van der Waals surface area contributed by atoms with Crippen LogP contribution in [-0.4, -0.2) is 46.4 Å². The molecule has 4 nitrogen and oxygen atoms in total. The summed E-state index contributed by atoms with van der Waals surface area (Å²) in [7, 11) is 0. The standard InChI is InChI=1S/C16H22F2N2O2S/c1-16(2,22)13-4-3-9-20(13)10-14(21)19-11-5-7-12(8-6-11)23-15(17)18/h5-8,13,15,22H,3-4,9-10H2,1-2H3,(H,19,21). The van der Waals surface area contributed by atoms with Crippen LogP contribution in [0.5, 0.6) is 0 Å². The van der Waals surface area contributed by atoms with Gasteiger partial charge >= 0.3 is 0 Å². The van der Waals surface area contributed by atoms with Gasteiger partial charge in [-0.3, -0.25) is 9.69 Å². The van der Waals surface area contributed by atoms with E-state index in [1.807, 2.05) is 4.90 Å². The first-order valence-electron chi connectivity index (χ1n) is 7.57. The van der Waals surface area contributed by atoms with Gasteiger partial charge in [-0.25, -0.2) is 0 Å². The summed E-state index contributed by atoms with van der Waals surface area (Å²) in [5, 5.41) is 12.9. The number of amides is 1. The Balaban J connectivity index is 1.89. The van der Waals surface area contributed by atoms with Crippen molar-refractivity contribution in [2.24, 2.45) is 0 Å². The van der Waals surface area contributed by atoms with E-state index in [1.165, 1.54) is 0 Å². The summed E-state index contributed by atoms with van der Waals surface area (Å²) in [6.45, 7) is 4.51. The molecular weight excluding hydrogens is 322 g/mol. The van der Waals surface area contributed by atoms with Crippen LogP contribution in [0, 0.1) is 0 Å². The first-order valence-corrected chi connectivity index (χ1v) is 8.45. The maximum Gasteiger partial charge on any atom is 0.288 e. The molecule has 1 atom stereocenters. The van der Waals surface area contributed by atoms with Gasteiger partial charge in [0.25, 0.3) is 5.76 Å². The Labute approximate surface area is 139 Å². The predicted molar refractivity (Wildman–Crippen MR) is 87.8 cm³/mol. The van der Waals surface area contributed by atoms with Crippen LogP contribution in [0.3, 0.4) is 0 Å². The number of nitrogens with one attached hydrogen (secondary N) is 1. The van der Waals surface area contributed by atoms with Gasteiger partial charge < -0.3 is 10.4 Å². The van der Waals surface area contributed by atoms with E-state index in [4.69, 9.17) is 0 Å². The largest absolute Gasteiger partial charge is 0.389 e. The average Bonchev–Trinajstić information content (AvgIpc) is 2.88. The minimum Gasteiger partial charge on any atom is -0.389 e. The van der Waals surface area contributed by atoms with Crippen molar-refractivity contribution in [2.75, 3.05) is 18.4 Å². The lowest BCUT2D eigenvalue weighted by Crippen LogP contribution is -2.48. The maximum atomic E-state index is 12.3. The van der Waals surface area contributed by atoms with Crippen LogP contribution in [0.4, 0.5) is 14.5 Å². The Morgan fingerprint density at radius 3 is 2.65 bits per heavy atom. The molecule has 1 aromatic rings. The average molecular weight is 344 g/mol. The number of carbonyl (C=O) groups excluding carboxylic acids is 1. The molecule has 23 heavy (non-hydrogen) atoms. The molecule has 1 aliphatic rings. The van der Waals surface area contributed by atoms with Crippen LogP contribution in [0.25, 0.3) is 0 Å². The topological polar surface area (TPSA) is 52.6 Å². The van der Waals surface area contributed by atoms with Gasteiger partial charge in [0.2, 0.25) is 5.91 Å². The Kier molecular flexibility index (Phi) is 6.00. The number of thioether (sulfide) groups is 1. The highest BCUT2D eigenvalue weighted by molar-refractivity contribution is 7.99. The van der Waals surface area contributed by atoms with E-state index in [9.17, 15) is 18.7 Å². The van der Waals surface area contributed by atoms with Crippen molar-refractivity contribution in [2.45, 2.75) is 49.0 Å². The normalized spacial score (nSPS) is 19.3. The molecule has 0 aliphatic carbocycles. The molecule has 1 amide bonds. The van der Waals surface area contributed by atoms with Crippen molar-refractivity contribution in [3.05, 3.63) is 24.3 Å². The third-order valence-corrected chi connectivity index (χ3v) is 4.61. The van der Waals surface area contributed by atoms with Crippen LogP contribution in [0.2, 0.25) is 0 Å².